The molecular formula is C22H29FN6O2. The Morgan fingerprint density at radius 2 is 1.81 bits per heavy atom. The number of halogens is 1. The molecule has 2 aromatic rings. The number of benzene rings is 1. The van der Waals surface area contributed by atoms with E-state index in [0.717, 1.165) is 12.8 Å². The van der Waals surface area contributed by atoms with Crippen molar-refractivity contribution < 1.29 is 14.0 Å². The van der Waals surface area contributed by atoms with Gasteiger partial charge in [-0.05, 0) is 65.7 Å². The predicted octanol–water partition coefficient (Wildman–Crippen LogP) is 3.32. The minimum atomic E-state index is -0.939. The Bertz CT molecular complexity index is 1030. The fraction of sp³-hybridized carbons (Fsp3) is 0.500. The molecule has 31 heavy (non-hydrogen) atoms. The van der Waals surface area contributed by atoms with Gasteiger partial charge in [0, 0.05) is 18.6 Å². The van der Waals surface area contributed by atoms with E-state index in [9.17, 15) is 14.0 Å². The number of carbonyl (C=O) groups excluding carboxylic acids is 2. The highest BCUT2D eigenvalue weighted by Crippen LogP contribution is 2.44. The number of imidazole rings is 1. The Labute approximate surface area is 181 Å². The second-order valence-electron chi connectivity index (χ2n) is 9.65. The van der Waals surface area contributed by atoms with E-state index in [2.05, 4.69) is 15.8 Å². The molecule has 0 radical (unpaired) electrons. The van der Waals surface area contributed by atoms with E-state index in [4.69, 9.17) is 0 Å². The number of aromatic nitrogens is 2. The van der Waals surface area contributed by atoms with E-state index in [0.29, 0.717) is 30.2 Å². The van der Waals surface area contributed by atoms with Gasteiger partial charge in [0.1, 0.15) is 12.1 Å². The highest BCUT2D eigenvalue weighted by molar-refractivity contribution is 5.99. The Morgan fingerprint density at radius 3 is 2.45 bits per heavy atom. The molecule has 8 nitrogen and oxygen atoms in total. The molecule has 0 aliphatic carbocycles. The molecule has 166 valence electrons. The van der Waals surface area contributed by atoms with Crippen molar-refractivity contribution in [2.24, 2.45) is 0 Å². The van der Waals surface area contributed by atoms with Crippen molar-refractivity contribution in [1.29, 1.82) is 0 Å². The van der Waals surface area contributed by atoms with Crippen molar-refractivity contribution in [2.75, 3.05) is 18.0 Å². The fourth-order valence-electron chi connectivity index (χ4n) is 4.26. The highest BCUT2D eigenvalue weighted by atomic mass is 19.1. The van der Waals surface area contributed by atoms with Crippen LogP contribution in [0.5, 0.6) is 0 Å². The van der Waals surface area contributed by atoms with Gasteiger partial charge in [-0.1, -0.05) is 0 Å². The maximum atomic E-state index is 14.2. The van der Waals surface area contributed by atoms with Gasteiger partial charge in [-0.25, -0.2) is 19.6 Å². The number of anilines is 1. The summed E-state index contributed by atoms with van der Waals surface area (Å²) in [4.78, 5) is 34.3. The number of fused-ring (bicyclic) bond motifs is 3. The summed E-state index contributed by atoms with van der Waals surface area (Å²) in [6.45, 7) is 10.8. The second kappa shape index (κ2) is 7.33. The lowest BCUT2D eigenvalue weighted by Gasteiger charge is -2.45. The Hall–Kier alpha value is -2.94. The molecule has 2 aliphatic heterocycles. The molecule has 2 N–H and O–H groups in total. The average molecular weight is 429 g/mol. The quantitative estimate of drug-likeness (QED) is 0.719. The van der Waals surface area contributed by atoms with Crippen LogP contribution in [0.15, 0.2) is 24.5 Å². The van der Waals surface area contributed by atoms with Crippen LogP contribution in [-0.2, 0) is 5.54 Å². The van der Waals surface area contributed by atoms with Crippen LogP contribution in [0.1, 0.15) is 63.6 Å². The molecule has 0 saturated carbocycles. The van der Waals surface area contributed by atoms with Gasteiger partial charge in [0.05, 0.1) is 22.6 Å². The van der Waals surface area contributed by atoms with E-state index in [1.165, 1.54) is 12.1 Å². The van der Waals surface area contributed by atoms with Gasteiger partial charge in [0.15, 0.2) is 5.69 Å². The molecule has 3 heterocycles. The summed E-state index contributed by atoms with van der Waals surface area (Å²) in [7, 11) is 0. The summed E-state index contributed by atoms with van der Waals surface area (Å²) in [5.41, 5.74) is 6.27. The van der Waals surface area contributed by atoms with Crippen molar-refractivity contribution >= 4 is 17.6 Å². The summed E-state index contributed by atoms with van der Waals surface area (Å²) >= 11 is 0. The number of carbonyl (C=O) groups is 2. The number of hydrogen-bond acceptors (Lipinski definition) is 4. The topological polar surface area (TPSA) is 82.5 Å². The van der Waals surface area contributed by atoms with Crippen LogP contribution in [0.4, 0.5) is 14.9 Å². The largest absolute Gasteiger partial charge is 0.325 e. The number of urea groups is 1. The number of hydrogen-bond donors (Lipinski definition) is 2. The van der Waals surface area contributed by atoms with E-state index in [-0.39, 0.29) is 17.3 Å². The zero-order valence-corrected chi connectivity index (χ0v) is 18.6. The minimum Gasteiger partial charge on any atom is -0.324 e. The number of hydrazine groups is 1. The standard InChI is InChI=1S/C22H29FN6O2/c1-21(2,3)26-25-19(30)17-18-22(4,5)29(20(31)27-10-6-7-11-27)16-12-14(23)8-9-15(16)28(18)13-24-17/h8-9,12-13,26H,6-7,10-11H2,1-5H3,(H,25,30). The first-order valence-electron chi connectivity index (χ1n) is 10.5. The Balaban J connectivity index is 1.83. The Kier molecular flexibility index (Phi) is 5.04. The van der Waals surface area contributed by atoms with Crippen molar-refractivity contribution in [1.82, 2.24) is 25.3 Å². The molecule has 0 unspecified atom stereocenters. The maximum absolute atomic E-state index is 14.2. The molecule has 1 aromatic carbocycles. The molecular weight excluding hydrogens is 399 g/mol. The number of likely N-dealkylation sites (tertiary alicyclic amines) is 1. The van der Waals surface area contributed by atoms with Gasteiger partial charge < -0.3 is 4.90 Å². The van der Waals surface area contributed by atoms with E-state index in [1.807, 2.05) is 34.6 Å². The normalized spacial score (nSPS) is 17.4. The molecule has 1 saturated heterocycles. The Morgan fingerprint density at radius 1 is 1.13 bits per heavy atom. The third kappa shape index (κ3) is 3.67. The van der Waals surface area contributed by atoms with Gasteiger partial charge in [-0.2, -0.15) is 0 Å². The van der Waals surface area contributed by atoms with Gasteiger partial charge in [0.2, 0.25) is 0 Å². The number of rotatable bonds is 2. The fourth-order valence-corrected chi connectivity index (χ4v) is 4.26. The van der Waals surface area contributed by atoms with Crippen molar-refractivity contribution in [2.45, 2.75) is 58.5 Å². The lowest BCUT2D eigenvalue weighted by molar-refractivity contribution is 0.0906. The summed E-state index contributed by atoms with van der Waals surface area (Å²) in [5.74, 6) is -0.819. The minimum absolute atomic E-state index is 0.194. The number of nitrogens with one attached hydrogen (secondary N) is 2. The predicted molar refractivity (Wildman–Crippen MR) is 116 cm³/mol. The first kappa shape index (κ1) is 21.3. The molecule has 0 spiro atoms. The number of nitrogens with zero attached hydrogens (tertiary/aromatic N) is 4. The number of amides is 3. The van der Waals surface area contributed by atoms with Crippen LogP contribution < -0.4 is 15.8 Å². The van der Waals surface area contributed by atoms with Crippen molar-refractivity contribution in [3.63, 3.8) is 0 Å². The molecule has 3 amide bonds. The molecule has 2 aliphatic rings. The summed E-state index contributed by atoms with van der Waals surface area (Å²) in [6.07, 6.45) is 3.44. The summed E-state index contributed by atoms with van der Waals surface area (Å²) in [6, 6.07) is 4.14. The van der Waals surface area contributed by atoms with Gasteiger partial charge in [-0.15, -0.1) is 0 Å². The first-order chi connectivity index (χ1) is 14.5. The van der Waals surface area contributed by atoms with Crippen LogP contribution in [0.25, 0.3) is 5.69 Å². The highest BCUT2D eigenvalue weighted by Gasteiger charge is 2.46. The molecule has 4 rings (SSSR count). The van der Waals surface area contributed by atoms with Gasteiger partial charge in [-0.3, -0.25) is 19.7 Å². The van der Waals surface area contributed by atoms with Crippen LogP contribution in [-0.4, -0.2) is 45.0 Å². The first-order valence-corrected chi connectivity index (χ1v) is 10.5. The molecule has 1 fully saturated rings. The van der Waals surface area contributed by atoms with Crippen molar-refractivity contribution in [3.05, 3.63) is 41.7 Å². The smallest absolute Gasteiger partial charge is 0.324 e. The zero-order chi connectivity index (χ0) is 22.6. The average Bonchev–Trinajstić information content (AvgIpc) is 3.35. The third-order valence-corrected chi connectivity index (χ3v) is 5.68. The molecule has 9 heteroatoms. The summed E-state index contributed by atoms with van der Waals surface area (Å²) in [5, 5.41) is 0. The van der Waals surface area contributed by atoms with Crippen LogP contribution in [0.2, 0.25) is 0 Å². The second-order valence-corrected chi connectivity index (χ2v) is 9.65. The molecule has 0 bridgehead atoms. The maximum Gasteiger partial charge on any atom is 0.325 e. The SMILES string of the molecule is CC(C)(C)NNC(=O)c1ncn2c1C(C)(C)N(C(=O)N1CCCC1)c1cc(F)ccc1-2. The van der Waals surface area contributed by atoms with E-state index >= 15 is 0 Å². The monoisotopic (exact) mass is 428 g/mol. The zero-order valence-electron chi connectivity index (χ0n) is 18.6. The van der Waals surface area contributed by atoms with E-state index < -0.39 is 17.3 Å². The van der Waals surface area contributed by atoms with Crippen LogP contribution >= 0.6 is 0 Å². The lowest BCUT2D eigenvalue weighted by Crippen LogP contribution is -2.55. The summed E-state index contributed by atoms with van der Waals surface area (Å²) < 4.78 is 16.0. The van der Waals surface area contributed by atoms with Crippen LogP contribution in [0.3, 0.4) is 0 Å². The van der Waals surface area contributed by atoms with Gasteiger partial charge in [0.25, 0.3) is 5.91 Å². The lowest BCUT2D eigenvalue weighted by atomic mass is 9.91. The van der Waals surface area contributed by atoms with Crippen molar-refractivity contribution in [3.8, 4) is 5.69 Å². The van der Waals surface area contributed by atoms with Gasteiger partial charge >= 0.3 is 6.03 Å². The molecule has 0 atom stereocenters. The van der Waals surface area contributed by atoms with Crippen LogP contribution in [0, 0.1) is 5.82 Å². The molecule has 1 aromatic heterocycles. The third-order valence-electron chi connectivity index (χ3n) is 5.68. The van der Waals surface area contributed by atoms with E-state index in [1.54, 1.807) is 26.8 Å².